The molecule has 0 atom stereocenters. The van der Waals surface area contributed by atoms with Crippen LogP contribution in [0.5, 0.6) is 0 Å². The van der Waals surface area contributed by atoms with Crippen LogP contribution in [0.25, 0.3) is 0 Å². The molecule has 0 saturated heterocycles. The summed E-state index contributed by atoms with van der Waals surface area (Å²) in [6.07, 6.45) is 1.33. The van der Waals surface area contributed by atoms with Gasteiger partial charge in [-0.15, -0.1) is 9.78 Å². The minimum atomic E-state index is -0.740. The van der Waals surface area contributed by atoms with Crippen molar-refractivity contribution in [3.8, 4) is 0 Å². The molecule has 32 heavy (non-hydrogen) atoms. The van der Waals surface area contributed by atoms with Crippen molar-refractivity contribution in [1.29, 1.82) is 0 Å². The molecule has 8 nitrogen and oxygen atoms in total. The van der Waals surface area contributed by atoms with Gasteiger partial charge in [-0.3, -0.25) is 9.78 Å². The van der Waals surface area contributed by atoms with Gasteiger partial charge in [0.1, 0.15) is 6.61 Å². The van der Waals surface area contributed by atoms with Crippen molar-refractivity contribution in [2.24, 2.45) is 0 Å². The first-order valence-electron chi connectivity index (χ1n) is 10.3. The summed E-state index contributed by atoms with van der Waals surface area (Å²) in [5, 5.41) is 0. The van der Waals surface area contributed by atoms with Crippen LogP contribution in [0.4, 0.5) is 0 Å². The van der Waals surface area contributed by atoms with Gasteiger partial charge in [0.25, 0.3) is 0 Å². The van der Waals surface area contributed by atoms with Crippen molar-refractivity contribution in [2.75, 3.05) is 26.4 Å². The standard InChI is InChI=1S/C24H28O8/c1-4-18-7-11-20(12-8-18)23(25)31-29-22(17-28-16-15-27-6-3)30-32-24(26)21-13-9-19(5-2)10-14-21/h7-14H,3-6,15-17H2,1-2H3. The van der Waals surface area contributed by atoms with Crippen molar-refractivity contribution in [3.63, 3.8) is 0 Å². The van der Waals surface area contributed by atoms with E-state index in [1.165, 1.54) is 0 Å². The van der Waals surface area contributed by atoms with Gasteiger partial charge in [-0.2, -0.15) is 0 Å². The lowest BCUT2D eigenvalue weighted by molar-refractivity contribution is -0.368. The number of carbonyl (C=O) groups excluding carboxylic acids is 2. The molecule has 0 unspecified atom stereocenters. The van der Waals surface area contributed by atoms with E-state index in [4.69, 9.17) is 29.0 Å². The zero-order valence-electron chi connectivity index (χ0n) is 18.3. The Morgan fingerprint density at radius 2 is 1.12 bits per heavy atom. The first-order chi connectivity index (χ1) is 15.6. The van der Waals surface area contributed by atoms with E-state index in [1.807, 2.05) is 38.1 Å². The molecule has 0 aliphatic carbocycles. The smallest absolute Gasteiger partial charge is 0.373 e. The highest BCUT2D eigenvalue weighted by molar-refractivity contribution is 5.89. The Labute approximate surface area is 188 Å². The quantitative estimate of drug-likeness (QED) is 0.245. The van der Waals surface area contributed by atoms with Crippen LogP contribution >= 0.6 is 0 Å². The van der Waals surface area contributed by atoms with Crippen LogP contribution in [0.1, 0.15) is 45.7 Å². The summed E-state index contributed by atoms with van der Waals surface area (Å²) in [5.74, 6) is -1.48. The Hall–Kier alpha value is -2.78. The van der Waals surface area contributed by atoms with E-state index in [-0.39, 0.29) is 19.5 Å². The second-order valence-corrected chi connectivity index (χ2v) is 6.55. The van der Waals surface area contributed by atoms with E-state index in [0.717, 1.165) is 24.0 Å². The summed E-state index contributed by atoms with van der Waals surface area (Å²) >= 11 is 0. The monoisotopic (exact) mass is 444 g/mol. The molecule has 0 fully saturated rings. The van der Waals surface area contributed by atoms with Crippen LogP contribution in [-0.2, 0) is 41.9 Å². The van der Waals surface area contributed by atoms with Crippen LogP contribution in [0.2, 0.25) is 0 Å². The lowest BCUT2D eigenvalue weighted by Crippen LogP contribution is -2.21. The number of benzene rings is 2. The summed E-state index contributed by atoms with van der Waals surface area (Å²) in [6, 6.07) is 13.7. The predicted octanol–water partition coefficient (Wildman–Crippen LogP) is 4.05. The van der Waals surface area contributed by atoms with Gasteiger partial charge in [-0.25, -0.2) is 9.59 Å². The van der Waals surface area contributed by atoms with E-state index in [0.29, 0.717) is 24.3 Å². The molecular weight excluding hydrogens is 416 g/mol. The lowest BCUT2D eigenvalue weighted by Gasteiger charge is -2.14. The number of hydrogen-bond donors (Lipinski definition) is 0. The lowest BCUT2D eigenvalue weighted by atomic mass is 10.1. The number of hydrogen-bond acceptors (Lipinski definition) is 8. The van der Waals surface area contributed by atoms with Crippen LogP contribution in [0.15, 0.2) is 48.5 Å². The number of ether oxygens (including phenoxy) is 2. The third kappa shape index (κ3) is 8.76. The van der Waals surface area contributed by atoms with Crippen molar-refractivity contribution >= 4 is 11.9 Å². The number of aryl methyl sites for hydroxylation is 2. The largest absolute Gasteiger partial charge is 0.379 e. The topological polar surface area (TPSA) is 89.5 Å². The van der Waals surface area contributed by atoms with Gasteiger partial charge < -0.3 is 9.47 Å². The summed E-state index contributed by atoms with van der Waals surface area (Å²) < 4.78 is 10.4. The molecule has 0 heterocycles. The van der Waals surface area contributed by atoms with E-state index in [1.54, 1.807) is 24.3 Å². The van der Waals surface area contributed by atoms with Gasteiger partial charge >= 0.3 is 18.2 Å². The number of carbonyl (C=O) groups is 2. The third-order valence-corrected chi connectivity index (χ3v) is 4.35. The fourth-order valence-corrected chi connectivity index (χ4v) is 2.46. The molecule has 2 radical (unpaired) electrons. The molecule has 0 aromatic heterocycles. The van der Waals surface area contributed by atoms with Crippen LogP contribution < -0.4 is 0 Å². The van der Waals surface area contributed by atoms with Gasteiger partial charge in [-0.05, 0) is 55.2 Å². The normalized spacial score (nSPS) is 10.9. The zero-order chi connectivity index (χ0) is 23.2. The third-order valence-electron chi connectivity index (χ3n) is 4.35. The molecule has 2 rings (SSSR count). The van der Waals surface area contributed by atoms with Crippen LogP contribution in [0.3, 0.4) is 0 Å². The maximum atomic E-state index is 12.2. The van der Waals surface area contributed by atoms with Crippen LogP contribution in [0, 0.1) is 13.2 Å². The average molecular weight is 444 g/mol. The molecule has 0 N–H and O–H groups in total. The molecule has 2 aromatic carbocycles. The molecule has 172 valence electrons. The summed E-state index contributed by atoms with van der Waals surface area (Å²) in [4.78, 5) is 43.8. The van der Waals surface area contributed by atoms with Gasteiger partial charge in [0.2, 0.25) is 0 Å². The molecule has 0 aliphatic heterocycles. The minimum Gasteiger partial charge on any atom is -0.379 e. The van der Waals surface area contributed by atoms with Gasteiger partial charge in [0.15, 0.2) is 0 Å². The van der Waals surface area contributed by atoms with E-state index in [9.17, 15) is 9.59 Å². The molecule has 0 amide bonds. The van der Waals surface area contributed by atoms with Crippen molar-refractivity contribution in [2.45, 2.75) is 26.7 Å². The molecule has 0 bridgehead atoms. The summed E-state index contributed by atoms with van der Waals surface area (Å²) in [6.45, 7) is 8.11. The van der Waals surface area contributed by atoms with Gasteiger partial charge in [0, 0.05) is 6.61 Å². The number of rotatable bonds is 14. The molecule has 0 saturated carbocycles. The maximum absolute atomic E-state index is 12.2. The Morgan fingerprint density at radius 3 is 1.53 bits per heavy atom. The molecule has 0 aliphatic rings. The van der Waals surface area contributed by atoms with Crippen LogP contribution in [-0.4, -0.2) is 38.4 Å². The van der Waals surface area contributed by atoms with Crippen molar-refractivity contribution in [1.82, 2.24) is 0 Å². The minimum absolute atomic E-state index is 0.199. The van der Waals surface area contributed by atoms with Gasteiger partial charge in [0.05, 0.1) is 24.3 Å². The van der Waals surface area contributed by atoms with E-state index in [2.05, 4.69) is 6.92 Å². The highest BCUT2D eigenvalue weighted by atomic mass is 17.3. The SMILES string of the molecule is [CH2]COCCOC[C](OOC(=O)c1ccc(CC)cc1)OOC(=O)c1ccc(CC)cc1. The second kappa shape index (κ2) is 14.3. The van der Waals surface area contributed by atoms with Crippen molar-refractivity contribution in [3.05, 3.63) is 84.0 Å². The van der Waals surface area contributed by atoms with Gasteiger partial charge in [-0.1, -0.05) is 38.1 Å². The zero-order valence-corrected chi connectivity index (χ0v) is 18.3. The Bertz CT molecular complexity index is 753. The Balaban J connectivity index is 1.89. The fraction of sp³-hybridized carbons (Fsp3) is 0.333. The molecule has 8 heteroatoms. The maximum Gasteiger partial charge on any atom is 0.373 e. The summed E-state index contributed by atoms with van der Waals surface area (Å²) in [5.41, 5.74) is 2.74. The Morgan fingerprint density at radius 1 is 0.688 bits per heavy atom. The predicted molar refractivity (Wildman–Crippen MR) is 115 cm³/mol. The fourth-order valence-electron chi connectivity index (χ4n) is 2.46. The highest BCUT2D eigenvalue weighted by Crippen LogP contribution is 2.14. The molecular formula is C24H28O8. The van der Waals surface area contributed by atoms with E-state index >= 15 is 0 Å². The first kappa shape index (κ1) is 25.5. The second-order valence-electron chi connectivity index (χ2n) is 6.55. The molecule has 2 aromatic rings. The molecule has 0 spiro atoms. The average Bonchev–Trinajstić information content (AvgIpc) is 2.84. The summed E-state index contributed by atoms with van der Waals surface area (Å²) in [7, 11) is 0. The first-order valence-corrected chi connectivity index (χ1v) is 10.3. The highest BCUT2D eigenvalue weighted by Gasteiger charge is 2.22. The van der Waals surface area contributed by atoms with Crippen molar-refractivity contribution < 1.29 is 38.6 Å². The Kier molecular flexibility index (Phi) is 11.4. The van der Waals surface area contributed by atoms with E-state index < -0.39 is 11.9 Å².